The number of piperazine rings is 1. The number of carbonyl (C=O) groups excluding carboxylic acids is 1. The Hall–Kier alpha value is -4.78. The van der Waals surface area contributed by atoms with Gasteiger partial charge < -0.3 is 19.8 Å². The number of fused-ring (bicyclic) bond motifs is 1. The van der Waals surface area contributed by atoms with Crippen LogP contribution >= 0.6 is 0 Å². The standard InChI is InChI=1S/C26H19F7N6O5S/c27-16-2-4-21(18(28)11-16)45(41,42)39(44-24(40)26(31,32)33)20-10-15(12-35-23(20)43-25(29)30)14-1-3-19-17(9-14)22(37-13-36-19)38-7-5-34-6-8-38/h1-4,9-13,25,34H,5-8H2. The quantitative estimate of drug-likeness (QED) is 0.217. The van der Waals surface area contributed by atoms with Gasteiger partial charge in [-0.05, 0) is 35.9 Å². The van der Waals surface area contributed by atoms with Gasteiger partial charge in [0.1, 0.15) is 28.7 Å². The van der Waals surface area contributed by atoms with Gasteiger partial charge in [0.25, 0.3) is 10.0 Å². The molecule has 238 valence electrons. The van der Waals surface area contributed by atoms with Crippen molar-refractivity contribution in [1.82, 2.24) is 20.3 Å². The number of benzene rings is 2. The number of nitrogens with zero attached hydrogens (tertiary/aromatic N) is 5. The van der Waals surface area contributed by atoms with Crippen LogP contribution in [0.1, 0.15) is 0 Å². The lowest BCUT2D eigenvalue weighted by molar-refractivity contribution is -0.199. The van der Waals surface area contributed by atoms with Crippen molar-refractivity contribution in [2.24, 2.45) is 0 Å². The van der Waals surface area contributed by atoms with Gasteiger partial charge in [0.15, 0.2) is 5.69 Å². The Balaban J connectivity index is 1.69. The number of aromatic nitrogens is 3. The fourth-order valence-corrected chi connectivity index (χ4v) is 5.66. The summed E-state index contributed by atoms with van der Waals surface area (Å²) in [5.74, 6) is -6.94. The molecule has 0 spiro atoms. The molecule has 4 aromatic rings. The highest BCUT2D eigenvalue weighted by Gasteiger charge is 2.46. The predicted molar refractivity (Wildman–Crippen MR) is 143 cm³/mol. The van der Waals surface area contributed by atoms with E-state index in [1.165, 1.54) is 12.4 Å². The molecule has 0 aliphatic carbocycles. The normalized spacial score (nSPS) is 14.1. The molecule has 1 fully saturated rings. The van der Waals surface area contributed by atoms with E-state index in [2.05, 4.69) is 29.8 Å². The van der Waals surface area contributed by atoms with E-state index in [0.717, 1.165) is 12.3 Å². The molecule has 11 nitrogen and oxygen atoms in total. The summed E-state index contributed by atoms with van der Waals surface area (Å²) in [7, 11) is -5.72. The van der Waals surface area contributed by atoms with Crippen molar-refractivity contribution < 1.29 is 53.5 Å². The first-order valence-corrected chi connectivity index (χ1v) is 14.1. The van der Waals surface area contributed by atoms with Crippen molar-refractivity contribution in [3.05, 3.63) is 66.6 Å². The second kappa shape index (κ2) is 12.3. The summed E-state index contributed by atoms with van der Waals surface area (Å²) in [6.45, 7) is -1.16. The van der Waals surface area contributed by atoms with E-state index < -0.39 is 61.3 Å². The maximum absolute atomic E-state index is 14.6. The smallest absolute Gasteiger partial charge is 0.415 e. The number of nitrogens with one attached hydrogen (secondary N) is 1. The molecule has 3 heterocycles. The Bertz CT molecular complexity index is 1860. The number of rotatable bonds is 8. The number of anilines is 2. The Morgan fingerprint density at radius 2 is 1.71 bits per heavy atom. The van der Waals surface area contributed by atoms with Crippen molar-refractivity contribution in [2.75, 3.05) is 35.5 Å². The molecule has 1 N–H and O–H groups in total. The van der Waals surface area contributed by atoms with Gasteiger partial charge in [-0.3, -0.25) is 0 Å². The average molecular weight is 661 g/mol. The molecular formula is C26H19F7N6O5S. The summed E-state index contributed by atoms with van der Waals surface area (Å²) in [4.78, 5) is 28.7. The topological polar surface area (TPSA) is 127 Å². The second-order valence-corrected chi connectivity index (χ2v) is 11.0. The van der Waals surface area contributed by atoms with E-state index >= 15 is 0 Å². The van der Waals surface area contributed by atoms with Gasteiger partial charge in [0.05, 0.1) is 5.52 Å². The van der Waals surface area contributed by atoms with Crippen molar-refractivity contribution in [3.63, 3.8) is 0 Å². The Morgan fingerprint density at radius 1 is 0.978 bits per heavy atom. The zero-order valence-corrected chi connectivity index (χ0v) is 23.2. The van der Waals surface area contributed by atoms with E-state index in [1.54, 1.807) is 12.1 Å². The first kappa shape index (κ1) is 31.6. The molecule has 0 radical (unpaired) electrons. The summed E-state index contributed by atoms with van der Waals surface area (Å²) < 4.78 is 125. The average Bonchev–Trinajstić information content (AvgIpc) is 2.99. The van der Waals surface area contributed by atoms with Crippen molar-refractivity contribution in [2.45, 2.75) is 17.7 Å². The number of pyridine rings is 1. The van der Waals surface area contributed by atoms with Gasteiger partial charge in [-0.2, -0.15) is 30.4 Å². The number of carbonyl (C=O) groups is 1. The molecule has 0 saturated carbocycles. The molecule has 0 atom stereocenters. The largest absolute Gasteiger partial charge is 0.493 e. The molecule has 0 bridgehead atoms. The molecular weight excluding hydrogens is 641 g/mol. The van der Waals surface area contributed by atoms with E-state index in [0.29, 0.717) is 55.0 Å². The third-order valence-electron chi connectivity index (χ3n) is 6.38. The summed E-state index contributed by atoms with van der Waals surface area (Å²) >= 11 is 0. The summed E-state index contributed by atoms with van der Waals surface area (Å²) in [5.41, 5.74) is -0.644. The van der Waals surface area contributed by atoms with Crippen LogP contribution in [0, 0.1) is 11.6 Å². The molecule has 0 unspecified atom stereocenters. The highest BCUT2D eigenvalue weighted by Crippen LogP contribution is 2.38. The SMILES string of the molecule is O=C(ON(c1cc(-c2ccc3ncnc(N4CCNCC4)c3c2)cnc1OC(F)F)S(=O)(=O)c1ccc(F)cc1F)C(F)(F)F. The van der Waals surface area contributed by atoms with Crippen LogP contribution in [0.15, 0.2) is 59.9 Å². The fraction of sp³-hybridized carbons (Fsp3) is 0.231. The van der Waals surface area contributed by atoms with Gasteiger partial charge in [-0.1, -0.05) is 10.5 Å². The van der Waals surface area contributed by atoms with Crippen LogP contribution in [-0.4, -0.2) is 68.3 Å². The van der Waals surface area contributed by atoms with Crippen LogP contribution in [-0.2, 0) is 19.7 Å². The number of alkyl halides is 5. The van der Waals surface area contributed by atoms with Crippen LogP contribution < -0.4 is 19.4 Å². The molecule has 2 aromatic carbocycles. The number of hydrogen-bond donors (Lipinski definition) is 1. The lowest BCUT2D eigenvalue weighted by Gasteiger charge is -2.29. The van der Waals surface area contributed by atoms with Crippen LogP contribution in [0.4, 0.5) is 42.2 Å². The van der Waals surface area contributed by atoms with Crippen LogP contribution in [0.25, 0.3) is 22.0 Å². The Morgan fingerprint density at radius 3 is 2.38 bits per heavy atom. The zero-order chi connectivity index (χ0) is 32.5. The first-order chi connectivity index (χ1) is 21.3. The Kier molecular flexibility index (Phi) is 8.66. The van der Waals surface area contributed by atoms with Gasteiger partial charge in [-0.25, -0.2) is 28.5 Å². The molecule has 1 aliphatic rings. The maximum Gasteiger partial charge on any atom is 0.493 e. The number of hydrogen-bond acceptors (Lipinski definition) is 10. The number of ether oxygens (including phenoxy) is 1. The number of halogens is 7. The van der Waals surface area contributed by atoms with Crippen LogP contribution in [0.3, 0.4) is 0 Å². The minimum absolute atomic E-state index is 0.0912. The third-order valence-corrected chi connectivity index (χ3v) is 7.98. The third kappa shape index (κ3) is 6.68. The van der Waals surface area contributed by atoms with E-state index in [-0.39, 0.29) is 17.2 Å². The summed E-state index contributed by atoms with van der Waals surface area (Å²) in [6, 6.07) is 6.16. The van der Waals surface area contributed by atoms with Crippen molar-refractivity contribution >= 4 is 38.4 Å². The van der Waals surface area contributed by atoms with E-state index in [4.69, 9.17) is 0 Å². The van der Waals surface area contributed by atoms with Crippen LogP contribution in [0.2, 0.25) is 0 Å². The summed E-state index contributed by atoms with van der Waals surface area (Å²) in [5, 5.41) is 3.70. The lowest BCUT2D eigenvalue weighted by atomic mass is 10.0. The molecule has 5 rings (SSSR count). The molecule has 19 heteroatoms. The molecule has 2 aromatic heterocycles. The monoisotopic (exact) mass is 660 g/mol. The minimum Gasteiger partial charge on any atom is -0.415 e. The minimum atomic E-state index is -5.80. The lowest BCUT2D eigenvalue weighted by Crippen LogP contribution is -2.44. The second-order valence-electron chi connectivity index (χ2n) is 9.28. The van der Waals surface area contributed by atoms with Crippen molar-refractivity contribution in [1.29, 1.82) is 0 Å². The first-order valence-electron chi connectivity index (χ1n) is 12.7. The highest BCUT2D eigenvalue weighted by atomic mass is 32.2. The molecule has 1 aliphatic heterocycles. The highest BCUT2D eigenvalue weighted by molar-refractivity contribution is 7.92. The zero-order valence-electron chi connectivity index (χ0n) is 22.4. The molecule has 0 amide bonds. The van der Waals surface area contributed by atoms with Gasteiger partial charge in [0, 0.05) is 49.4 Å². The molecule has 45 heavy (non-hydrogen) atoms. The Labute approximate surface area is 249 Å². The van der Waals surface area contributed by atoms with Gasteiger partial charge >= 0.3 is 18.8 Å². The van der Waals surface area contributed by atoms with Gasteiger partial charge in [-0.15, -0.1) is 0 Å². The predicted octanol–water partition coefficient (Wildman–Crippen LogP) is 4.20. The van der Waals surface area contributed by atoms with E-state index in [1.807, 2.05) is 4.90 Å². The van der Waals surface area contributed by atoms with Gasteiger partial charge in [0.2, 0.25) is 5.88 Å². The molecule has 1 saturated heterocycles. The summed E-state index contributed by atoms with van der Waals surface area (Å²) in [6.07, 6.45) is -3.52. The van der Waals surface area contributed by atoms with E-state index in [9.17, 15) is 43.9 Å². The number of sulfonamides is 1. The van der Waals surface area contributed by atoms with Crippen molar-refractivity contribution in [3.8, 4) is 17.0 Å². The maximum atomic E-state index is 14.6. The fourth-order valence-electron chi connectivity index (χ4n) is 4.38. The van der Waals surface area contributed by atoms with Crippen LogP contribution in [0.5, 0.6) is 5.88 Å².